The van der Waals surface area contributed by atoms with Crippen LogP contribution >= 0.6 is 0 Å². The Hall–Kier alpha value is -5.20. The molecule has 0 aromatic heterocycles. The predicted octanol–water partition coefficient (Wildman–Crippen LogP) is 11.9. The van der Waals surface area contributed by atoms with Crippen LogP contribution in [0.4, 0.5) is 0 Å². The summed E-state index contributed by atoms with van der Waals surface area (Å²) < 4.78 is 0. The maximum Gasteiger partial charge on any atom is 0.0165 e. The maximum atomic E-state index is 2.48. The third-order valence-electron chi connectivity index (χ3n) is 9.82. The van der Waals surface area contributed by atoms with Crippen molar-refractivity contribution >= 4 is 43.1 Å². The van der Waals surface area contributed by atoms with E-state index < -0.39 is 0 Å². The fraction of sp³-hybridized carbons (Fsp3) is 0.0698. The van der Waals surface area contributed by atoms with Gasteiger partial charge in [-0.25, -0.2) is 0 Å². The molecule has 9 rings (SSSR count). The molecular weight excluding hydrogens is 516 g/mol. The minimum atomic E-state index is -0.101. The largest absolute Gasteiger partial charge is 0.0616 e. The van der Waals surface area contributed by atoms with Crippen LogP contribution in [0.5, 0.6) is 0 Å². The highest BCUT2D eigenvalue weighted by Gasteiger charge is 2.37. The minimum Gasteiger partial charge on any atom is -0.0616 e. The summed E-state index contributed by atoms with van der Waals surface area (Å²) in [6.07, 6.45) is 0. The van der Waals surface area contributed by atoms with Crippen LogP contribution in [0.3, 0.4) is 0 Å². The van der Waals surface area contributed by atoms with Gasteiger partial charge in [-0.05, 0) is 93.7 Å². The van der Waals surface area contributed by atoms with Gasteiger partial charge in [0.05, 0.1) is 0 Å². The van der Waals surface area contributed by atoms with Gasteiger partial charge in [0.25, 0.3) is 0 Å². The zero-order valence-corrected chi connectivity index (χ0v) is 24.4. The highest BCUT2D eigenvalue weighted by molar-refractivity contribution is 6.23. The van der Waals surface area contributed by atoms with Gasteiger partial charge in [0.2, 0.25) is 0 Å². The Bertz CT molecular complexity index is 2360. The average molecular weight is 547 g/mol. The number of rotatable bonds is 2. The maximum absolute atomic E-state index is 2.48. The van der Waals surface area contributed by atoms with E-state index in [-0.39, 0.29) is 5.41 Å². The molecular formula is C43H30. The third-order valence-corrected chi connectivity index (χ3v) is 9.82. The van der Waals surface area contributed by atoms with Crippen LogP contribution in [-0.4, -0.2) is 0 Å². The fourth-order valence-corrected chi connectivity index (χ4v) is 7.93. The Balaban J connectivity index is 1.35. The Kier molecular flexibility index (Phi) is 5.05. The van der Waals surface area contributed by atoms with Gasteiger partial charge in [-0.15, -0.1) is 0 Å². The first-order valence-electron chi connectivity index (χ1n) is 15.2. The van der Waals surface area contributed by atoms with Crippen LogP contribution in [0, 0.1) is 0 Å². The van der Waals surface area contributed by atoms with Crippen molar-refractivity contribution < 1.29 is 0 Å². The van der Waals surface area contributed by atoms with Crippen LogP contribution in [0.15, 0.2) is 146 Å². The van der Waals surface area contributed by atoms with Crippen molar-refractivity contribution in [2.75, 3.05) is 0 Å². The summed E-state index contributed by atoms with van der Waals surface area (Å²) >= 11 is 0. The first-order valence-corrected chi connectivity index (χ1v) is 15.2. The minimum absolute atomic E-state index is 0.101. The standard InChI is InChI=1S/C43H30/c1-43(2)39-26-29(23-24-32(39)38-25-22-28-13-4-6-16-31(28)42(38)43)40-34-17-7-9-19-36(34)41(37-20-10-8-18-35(37)40)33-21-11-14-27-12-3-5-15-30(27)33/h3-26H,1-2H3. The van der Waals surface area contributed by atoms with Gasteiger partial charge in [-0.1, -0.05) is 153 Å². The second-order valence-electron chi connectivity index (χ2n) is 12.5. The van der Waals surface area contributed by atoms with Gasteiger partial charge in [-0.2, -0.15) is 0 Å². The number of hydrogen-bond donors (Lipinski definition) is 0. The van der Waals surface area contributed by atoms with Crippen molar-refractivity contribution in [1.29, 1.82) is 0 Å². The molecule has 0 saturated heterocycles. The van der Waals surface area contributed by atoms with Crippen molar-refractivity contribution in [2.45, 2.75) is 19.3 Å². The monoisotopic (exact) mass is 546 g/mol. The Morgan fingerprint density at radius 1 is 0.372 bits per heavy atom. The summed E-state index contributed by atoms with van der Waals surface area (Å²) in [6.45, 7) is 4.79. The number of benzene rings is 8. The molecule has 0 unspecified atom stereocenters. The van der Waals surface area contributed by atoms with Crippen LogP contribution in [0.25, 0.3) is 76.5 Å². The molecule has 0 saturated carbocycles. The van der Waals surface area contributed by atoms with E-state index in [0.717, 1.165) is 0 Å². The van der Waals surface area contributed by atoms with E-state index in [1.165, 1.54) is 87.6 Å². The quantitative estimate of drug-likeness (QED) is 0.189. The van der Waals surface area contributed by atoms with Crippen molar-refractivity contribution in [1.82, 2.24) is 0 Å². The van der Waals surface area contributed by atoms with Gasteiger partial charge in [-0.3, -0.25) is 0 Å². The molecule has 0 bridgehead atoms. The lowest BCUT2D eigenvalue weighted by molar-refractivity contribution is 0.666. The molecule has 202 valence electrons. The number of fused-ring (bicyclic) bond motifs is 8. The summed E-state index contributed by atoms with van der Waals surface area (Å²) in [4.78, 5) is 0. The van der Waals surface area contributed by atoms with Crippen molar-refractivity contribution in [3.05, 3.63) is 157 Å². The van der Waals surface area contributed by atoms with E-state index in [0.29, 0.717) is 0 Å². The molecule has 0 fully saturated rings. The van der Waals surface area contributed by atoms with Crippen LogP contribution in [0.2, 0.25) is 0 Å². The summed E-state index contributed by atoms with van der Waals surface area (Å²) in [7, 11) is 0. The SMILES string of the molecule is CC1(C)c2cc(-c3c4ccccc4c(-c4cccc5ccccc45)c4ccccc34)ccc2-c2ccc3ccccc3c21. The summed E-state index contributed by atoms with van der Waals surface area (Å²) in [5.74, 6) is 0. The van der Waals surface area contributed by atoms with Gasteiger partial charge in [0.1, 0.15) is 0 Å². The predicted molar refractivity (Wildman–Crippen MR) is 185 cm³/mol. The first-order chi connectivity index (χ1) is 21.1. The smallest absolute Gasteiger partial charge is 0.0165 e. The molecule has 0 radical (unpaired) electrons. The van der Waals surface area contributed by atoms with Crippen molar-refractivity contribution in [2.24, 2.45) is 0 Å². The van der Waals surface area contributed by atoms with Gasteiger partial charge in [0.15, 0.2) is 0 Å². The molecule has 0 spiro atoms. The molecule has 1 aliphatic carbocycles. The Morgan fingerprint density at radius 2 is 0.884 bits per heavy atom. The summed E-state index contributed by atoms with van der Waals surface area (Å²) in [5.41, 5.74) is 10.7. The van der Waals surface area contributed by atoms with Gasteiger partial charge < -0.3 is 0 Å². The normalized spacial score (nSPS) is 13.5. The molecule has 0 amide bonds. The van der Waals surface area contributed by atoms with E-state index in [4.69, 9.17) is 0 Å². The Morgan fingerprint density at radius 3 is 1.56 bits per heavy atom. The molecule has 0 aliphatic heterocycles. The lowest BCUT2D eigenvalue weighted by Crippen LogP contribution is -2.15. The first kappa shape index (κ1) is 24.4. The lowest BCUT2D eigenvalue weighted by atomic mass is 9.79. The zero-order valence-electron chi connectivity index (χ0n) is 24.4. The van der Waals surface area contributed by atoms with E-state index in [1.807, 2.05) is 0 Å². The molecule has 1 aliphatic rings. The molecule has 0 N–H and O–H groups in total. The molecule has 43 heavy (non-hydrogen) atoms. The fourth-order valence-electron chi connectivity index (χ4n) is 7.93. The van der Waals surface area contributed by atoms with E-state index in [2.05, 4.69) is 159 Å². The van der Waals surface area contributed by atoms with E-state index >= 15 is 0 Å². The molecule has 0 heteroatoms. The summed E-state index contributed by atoms with van der Waals surface area (Å²) in [5, 5.41) is 10.4. The van der Waals surface area contributed by atoms with Crippen molar-refractivity contribution in [3.63, 3.8) is 0 Å². The van der Waals surface area contributed by atoms with Gasteiger partial charge in [0, 0.05) is 5.41 Å². The summed E-state index contributed by atoms with van der Waals surface area (Å²) in [6, 6.07) is 54.1. The molecule has 8 aromatic rings. The van der Waals surface area contributed by atoms with Gasteiger partial charge >= 0.3 is 0 Å². The molecule has 8 aromatic carbocycles. The highest BCUT2D eigenvalue weighted by atomic mass is 14.4. The highest BCUT2D eigenvalue weighted by Crippen LogP contribution is 2.53. The Labute approximate surface area is 251 Å². The van der Waals surface area contributed by atoms with E-state index in [1.54, 1.807) is 0 Å². The average Bonchev–Trinajstić information content (AvgIpc) is 3.29. The second-order valence-corrected chi connectivity index (χ2v) is 12.5. The number of hydrogen-bond acceptors (Lipinski definition) is 0. The molecule has 0 atom stereocenters. The van der Waals surface area contributed by atoms with E-state index in [9.17, 15) is 0 Å². The zero-order chi connectivity index (χ0) is 28.7. The second kappa shape index (κ2) is 8.90. The lowest BCUT2D eigenvalue weighted by Gasteiger charge is -2.24. The molecule has 0 heterocycles. The third kappa shape index (κ3) is 3.38. The topological polar surface area (TPSA) is 0 Å². The van der Waals surface area contributed by atoms with Crippen LogP contribution < -0.4 is 0 Å². The van der Waals surface area contributed by atoms with Crippen LogP contribution in [0.1, 0.15) is 25.0 Å². The van der Waals surface area contributed by atoms with Crippen molar-refractivity contribution in [3.8, 4) is 33.4 Å². The van der Waals surface area contributed by atoms with Crippen LogP contribution in [-0.2, 0) is 5.41 Å². The molecule has 0 nitrogen and oxygen atoms in total.